The van der Waals surface area contributed by atoms with Gasteiger partial charge < -0.3 is 5.32 Å². The second kappa shape index (κ2) is 6.80. The van der Waals surface area contributed by atoms with E-state index in [-0.39, 0.29) is 13.1 Å². The fraction of sp³-hybridized carbons (Fsp3) is 0.200. The first-order valence-electron chi connectivity index (χ1n) is 6.36. The molecule has 0 saturated heterocycles. The average Bonchev–Trinajstić information content (AvgIpc) is 2.93. The van der Waals surface area contributed by atoms with E-state index in [1.807, 2.05) is 30.3 Å². The second-order valence-corrected chi connectivity index (χ2v) is 4.34. The van der Waals surface area contributed by atoms with Crippen LogP contribution < -0.4 is 5.32 Å². The molecule has 7 heteroatoms. The maximum absolute atomic E-state index is 12.4. The van der Waals surface area contributed by atoms with E-state index in [4.69, 9.17) is 0 Å². The highest BCUT2D eigenvalue weighted by Gasteiger charge is 2.33. The molecule has 0 atom stereocenters. The molecule has 114 valence electrons. The molecule has 2 rings (SSSR count). The third-order valence-corrected chi connectivity index (χ3v) is 2.62. The van der Waals surface area contributed by atoms with Gasteiger partial charge in [0, 0.05) is 11.8 Å². The number of aromatic nitrogens is 2. The van der Waals surface area contributed by atoms with Crippen molar-refractivity contribution in [1.29, 1.82) is 0 Å². The van der Waals surface area contributed by atoms with Gasteiger partial charge in [-0.05, 0) is 18.2 Å². The Balaban J connectivity index is 1.81. The molecule has 1 heterocycles. The van der Waals surface area contributed by atoms with E-state index in [2.05, 4.69) is 22.3 Å². The molecule has 0 radical (unpaired) electrons. The molecule has 4 nitrogen and oxygen atoms in total. The van der Waals surface area contributed by atoms with E-state index in [0.717, 1.165) is 22.5 Å². The summed E-state index contributed by atoms with van der Waals surface area (Å²) < 4.78 is 38.0. The molecule has 0 spiro atoms. The van der Waals surface area contributed by atoms with Gasteiger partial charge in [0.15, 0.2) is 5.69 Å². The summed E-state index contributed by atoms with van der Waals surface area (Å²) >= 11 is 0. The van der Waals surface area contributed by atoms with Crippen LogP contribution in [0.5, 0.6) is 0 Å². The highest BCUT2D eigenvalue weighted by molar-refractivity contribution is 5.75. The molecule has 0 bridgehead atoms. The molecule has 0 unspecified atom stereocenters. The van der Waals surface area contributed by atoms with Crippen molar-refractivity contribution in [3.8, 4) is 11.8 Å². The van der Waals surface area contributed by atoms with Crippen molar-refractivity contribution in [3.63, 3.8) is 0 Å². The van der Waals surface area contributed by atoms with E-state index in [1.165, 1.54) is 0 Å². The minimum atomic E-state index is -4.51. The summed E-state index contributed by atoms with van der Waals surface area (Å²) in [6.07, 6.45) is -3.40. The predicted octanol–water partition coefficient (Wildman–Crippen LogP) is 2.07. The third kappa shape index (κ3) is 4.66. The van der Waals surface area contributed by atoms with Gasteiger partial charge in [-0.1, -0.05) is 30.0 Å². The number of nitrogens with zero attached hydrogens (tertiary/aromatic N) is 2. The summed E-state index contributed by atoms with van der Waals surface area (Å²) in [6.45, 7) is -0.176. The summed E-state index contributed by atoms with van der Waals surface area (Å²) in [7, 11) is 0. The zero-order chi connectivity index (χ0) is 16.0. The first kappa shape index (κ1) is 15.6. The van der Waals surface area contributed by atoms with Crippen LogP contribution in [0.15, 0.2) is 42.6 Å². The molecule has 1 N–H and O–H groups in total. The SMILES string of the molecule is O=C(Cn1ccc(C(F)(F)F)n1)NCC#Cc1ccccc1. The van der Waals surface area contributed by atoms with Crippen LogP contribution >= 0.6 is 0 Å². The van der Waals surface area contributed by atoms with Crippen LogP contribution in [0.2, 0.25) is 0 Å². The highest BCUT2D eigenvalue weighted by Crippen LogP contribution is 2.27. The first-order chi connectivity index (χ1) is 10.4. The minimum Gasteiger partial charge on any atom is -0.344 e. The number of carbonyl (C=O) groups is 1. The molecule has 1 aromatic heterocycles. The molecule has 0 aliphatic rings. The van der Waals surface area contributed by atoms with Gasteiger partial charge in [0.1, 0.15) is 6.54 Å². The Bertz CT molecular complexity index is 696. The number of hydrogen-bond donors (Lipinski definition) is 1. The number of alkyl halides is 3. The maximum atomic E-state index is 12.4. The number of halogens is 3. The van der Waals surface area contributed by atoms with Crippen LogP contribution in [-0.2, 0) is 17.5 Å². The summed E-state index contributed by atoms with van der Waals surface area (Å²) in [5.41, 5.74) is -0.206. The fourth-order valence-electron chi connectivity index (χ4n) is 1.61. The van der Waals surface area contributed by atoms with Crippen molar-refractivity contribution in [1.82, 2.24) is 15.1 Å². The summed E-state index contributed by atoms with van der Waals surface area (Å²) in [5, 5.41) is 5.79. The Morgan fingerprint density at radius 2 is 1.95 bits per heavy atom. The van der Waals surface area contributed by atoms with E-state index >= 15 is 0 Å². The average molecular weight is 307 g/mol. The lowest BCUT2D eigenvalue weighted by Gasteiger charge is -2.03. The predicted molar refractivity (Wildman–Crippen MR) is 73.6 cm³/mol. The van der Waals surface area contributed by atoms with Gasteiger partial charge in [0.2, 0.25) is 5.91 Å². The van der Waals surface area contributed by atoms with E-state index in [9.17, 15) is 18.0 Å². The largest absolute Gasteiger partial charge is 0.435 e. The molecular formula is C15H12F3N3O. The van der Waals surface area contributed by atoms with E-state index < -0.39 is 17.8 Å². The van der Waals surface area contributed by atoms with Crippen molar-refractivity contribution in [2.75, 3.05) is 6.54 Å². The van der Waals surface area contributed by atoms with Crippen LogP contribution in [0.3, 0.4) is 0 Å². The molecular weight excluding hydrogens is 295 g/mol. The number of hydrogen-bond acceptors (Lipinski definition) is 2. The van der Waals surface area contributed by atoms with Gasteiger partial charge in [0.25, 0.3) is 0 Å². The van der Waals surface area contributed by atoms with Crippen molar-refractivity contribution in [2.24, 2.45) is 0 Å². The molecule has 22 heavy (non-hydrogen) atoms. The topological polar surface area (TPSA) is 46.9 Å². The van der Waals surface area contributed by atoms with Crippen molar-refractivity contribution in [3.05, 3.63) is 53.9 Å². The molecule has 0 aliphatic heterocycles. The van der Waals surface area contributed by atoms with Crippen LogP contribution in [0.4, 0.5) is 13.2 Å². The maximum Gasteiger partial charge on any atom is 0.435 e. The lowest BCUT2D eigenvalue weighted by molar-refractivity contribution is -0.141. The number of carbonyl (C=O) groups excluding carboxylic acids is 1. The Labute approximate surface area is 124 Å². The quantitative estimate of drug-likeness (QED) is 0.883. The number of amides is 1. The Morgan fingerprint density at radius 1 is 1.23 bits per heavy atom. The lowest BCUT2D eigenvalue weighted by atomic mass is 10.2. The van der Waals surface area contributed by atoms with E-state index in [1.54, 1.807) is 0 Å². The van der Waals surface area contributed by atoms with Crippen LogP contribution in [0.1, 0.15) is 11.3 Å². The van der Waals surface area contributed by atoms with Crippen molar-refractivity contribution >= 4 is 5.91 Å². The van der Waals surface area contributed by atoms with Crippen molar-refractivity contribution in [2.45, 2.75) is 12.7 Å². The fourth-order valence-corrected chi connectivity index (χ4v) is 1.61. The smallest absolute Gasteiger partial charge is 0.344 e. The molecule has 0 fully saturated rings. The molecule has 1 aromatic carbocycles. The van der Waals surface area contributed by atoms with Crippen LogP contribution in [0.25, 0.3) is 0 Å². The lowest BCUT2D eigenvalue weighted by Crippen LogP contribution is -2.28. The molecule has 0 aliphatic carbocycles. The first-order valence-corrected chi connectivity index (χ1v) is 6.36. The molecule has 0 saturated carbocycles. The van der Waals surface area contributed by atoms with Crippen molar-refractivity contribution < 1.29 is 18.0 Å². The highest BCUT2D eigenvalue weighted by atomic mass is 19.4. The van der Waals surface area contributed by atoms with E-state index in [0.29, 0.717) is 0 Å². The third-order valence-electron chi connectivity index (χ3n) is 2.62. The van der Waals surface area contributed by atoms with Gasteiger partial charge >= 0.3 is 6.18 Å². The Hall–Kier alpha value is -2.75. The Morgan fingerprint density at radius 3 is 2.59 bits per heavy atom. The number of nitrogens with one attached hydrogen (secondary N) is 1. The Kier molecular flexibility index (Phi) is 4.84. The standard InChI is InChI=1S/C15H12F3N3O/c16-15(17,18)13-8-10-21(20-13)11-14(22)19-9-4-7-12-5-2-1-3-6-12/h1-3,5-6,8,10H,9,11H2,(H,19,22). The van der Waals surface area contributed by atoms with Crippen LogP contribution in [0, 0.1) is 11.8 Å². The molecule has 2 aromatic rings. The molecule has 1 amide bonds. The summed E-state index contributed by atoms with van der Waals surface area (Å²) in [4.78, 5) is 11.6. The van der Waals surface area contributed by atoms with Gasteiger partial charge in [-0.3, -0.25) is 9.48 Å². The zero-order valence-corrected chi connectivity index (χ0v) is 11.4. The van der Waals surface area contributed by atoms with Gasteiger partial charge in [-0.2, -0.15) is 18.3 Å². The van der Waals surface area contributed by atoms with Crippen LogP contribution in [-0.4, -0.2) is 22.2 Å². The van der Waals surface area contributed by atoms with Gasteiger partial charge in [-0.25, -0.2) is 0 Å². The normalized spacial score (nSPS) is 10.7. The number of benzene rings is 1. The second-order valence-electron chi connectivity index (χ2n) is 4.34. The summed E-state index contributed by atoms with van der Waals surface area (Å²) in [6, 6.07) is 10.0. The van der Waals surface area contributed by atoms with Gasteiger partial charge in [0.05, 0.1) is 6.54 Å². The van der Waals surface area contributed by atoms with Gasteiger partial charge in [-0.15, -0.1) is 0 Å². The number of rotatable bonds is 3. The monoisotopic (exact) mass is 307 g/mol. The minimum absolute atomic E-state index is 0.112. The zero-order valence-electron chi connectivity index (χ0n) is 11.4. The summed E-state index contributed by atoms with van der Waals surface area (Å²) in [5.74, 6) is 5.15.